The highest BCUT2D eigenvalue weighted by atomic mass is 79.9. The van der Waals surface area contributed by atoms with Crippen molar-refractivity contribution in [2.45, 2.75) is 24.3 Å². The van der Waals surface area contributed by atoms with Gasteiger partial charge >= 0.3 is 0 Å². The summed E-state index contributed by atoms with van der Waals surface area (Å²) in [5.74, 6) is 0.479. The lowest BCUT2D eigenvalue weighted by molar-refractivity contribution is 0.0914. The fraction of sp³-hybridized carbons (Fsp3) is 0.235. The van der Waals surface area contributed by atoms with Gasteiger partial charge in [0.2, 0.25) is 10.0 Å². The van der Waals surface area contributed by atoms with Crippen molar-refractivity contribution < 1.29 is 17.9 Å². The van der Waals surface area contributed by atoms with E-state index in [0.717, 1.165) is 16.9 Å². The smallest absolute Gasteiger partial charge is 0.252 e. The van der Waals surface area contributed by atoms with Crippen LogP contribution in [0.4, 0.5) is 0 Å². The van der Waals surface area contributed by atoms with Crippen LogP contribution in [0.25, 0.3) is 0 Å². The lowest BCUT2D eigenvalue weighted by atomic mass is 10.00. The number of fused-ring (bicyclic) bond motifs is 1. The van der Waals surface area contributed by atoms with Gasteiger partial charge in [0.15, 0.2) is 0 Å². The molecular weight excluding hydrogens is 408 g/mol. The summed E-state index contributed by atoms with van der Waals surface area (Å²) in [7, 11) is -3.88. The van der Waals surface area contributed by atoms with E-state index in [1.54, 1.807) is 0 Å². The molecule has 0 radical (unpaired) electrons. The van der Waals surface area contributed by atoms with Crippen molar-refractivity contribution in [2.75, 3.05) is 6.61 Å². The molecule has 1 unspecified atom stereocenters. The van der Waals surface area contributed by atoms with Crippen LogP contribution in [0, 0.1) is 6.92 Å². The summed E-state index contributed by atoms with van der Waals surface area (Å²) >= 11 is 3.27. The Morgan fingerprint density at radius 2 is 2.08 bits per heavy atom. The molecule has 3 N–H and O–H groups in total. The van der Waals surface area contributed by atoms with Crippen molar-refractivity contribution >= 4 is 31.9 Å². The molecule has 0 spiro atoms. The van der Waals surface area contributed by atoms with Crippen LogP contribution < -0.4 is 15.2 Å². The average molecular weight is 425 g/mol. The van der Waals surface area contributed by atoms with Crippen LogP contribution in [0.3, 0.4) is 0 Å². The number of rotatable bonds is 3. The molecule has 132 valence electrons. The predicted molar refractivity (Wildman–Crippen MR) is 97.1 cm³/mol. The van der Waals surface area contributed by atoms with Crippen molar-refractivity contribution in [2.24, 2.45) is 5.14 Å². The summed E-state index contributed by atoms with van der Waals surface area (Å²) in [6.07, 6.45) is 0.648. The predicted octanol–water partition coefficient (Wildman–Crippen LogP) is 2.14. The van der Waals surface area contributed by atoms with E-state index in [1.165, 1.54) is 18.2 Å². The number of hydrogen-bond donors (Lipinski definition) is 2. The number of para-hydroxylation sites is 1. The topological polar surface area (TPSA) is 98.5 Å². The Labute approximate surface area is 154 Å². The monoisotopic (exact) mass is 424 g/mol. The Hall–Kier alpha value is -1.90. The highest BCUT2D eigenvalue weighted by Gasteiger charge is 2.24. The molecular formula is C17H17BrN2O4S. The van der Waals surface area contributed by atoms with E-state index in [-0.39, 0.29) is 22.4 Å². The Morgan fingerprint density at radius 1 is 1.32 bits per heavy atom. The SMILES string of the molecule is Cc1cccc2c1OCC(NC(=O)c1cc(S(N)(=O)=O)ccc1Br)C2. The summed E-state index contributed by atoms with van der Waals surface area (Å²) in [6.45, 7) is 2.34. The first-order chi connectivity index (χ1) is 11.8. The van der Waals surface area contributed by atoms with Gasteiger partial charge in [0.25, 0.3) is 5.91 Å². The maximum absolute atomic E-state index is 12.6. The van der Waals surface area contributed by atoms with Crippen molar-refractivity contribution in [3.8, 4) is 5.75 Å². The van der Waals surface area contributed by atoms with Crippen LogP contribution in [0.5, 0.6) is 5.75 Å². The number of primary sulfonamides is 1. The fourth-order valence-electron chi connectivity index (χ4n) is 2.80. The third-order valence-corrected chi connectivity index (χ3v) is 5.64. The number of aryl methyl sites for hydroxylation is 1. The highest BCUT2D eigenvalue weighted by molar-refractivity contribution is 9.10. The average Bonchev–Trinajstić information content (AvgIpc) is 2.54. The van der Waals surface area contributed by atoms with Gasteiger partial charge in [0.1, 0.15) is 12.4 Å². The number of hydrogen-bond acceptors (Lipinski definition) is 4. The first-order valence-electron chi connectivity index (χ1n) is 7.60. The van der Waals surface area contributed by atoms with Crippen molar-refractivity contribution in [1.29, 1.82) is 0 Å². The maximum Gasteiger partial charge on any atom is 0.252 e. The number of ether oxygens (including phenoxy) is 1. The third-order valence-electron chi connectivity index (χ3n) is 4.03. The van der Waals surface area contributed by atoms with Crippen LogP contribution in [0.15, 0.2) is 45.8 Å². The van der Waals surface area contributed by atoms with Gasteiger partial charge in [-0.15, -0.1) is 0 Å². The van der Waals surface area contributed by atoms with E-state index in [2.05, 4.69) is 21.2 Å². The van der Waals surface area contributed by atoms with Gasteiger partial charge in [-0.05, 0) is 58.6 Å². The first-order valence-corrected chi connectivity index (χ1v) is 9.94. The van der Waals surface area contributed by atoms with Gasteiger partial charge in [-0.3, -0.25) is 4.79 Å². The zero-order chi connectivity index (χ0) is 18.2. The van der Waals surface area contributed by atoms with Crippen LogP contribution >= 0.6 is 15.9 Å². The molecule has 0 fully saturated rings. The van der Waals surface area contributed by atoms with Gasteiger partial charge in [0.05, 0.1) is 16.5 Å². The van der Waals surface area contributed by atoms with Crippen LogP contribution in [-0.2, 0) is 16.4 Å². The molecule has 2 aromatic rings. The molecule has 1 amide bonds. The van der Waals surface area contributed by atoms with E-state index in [9.17, 15) is 13.2 Å². The van der Waals surface area contributed by atoms with Crippen LogP contribution in [0.1, 0.15) is 21.5 Å². The number of sulfonamides is 1. The number of carbonyl (C=O) groups is 1. The number of amides is 1. The standard InChI is InChI=1S/C17H17BrN2O4S/c1-10-3-2-4-11-7-12(9-24-16(10)11)20-17(21)14-8-13(25(19,22)23)5-6-15(14)18/h2-6,8,12H,7,9H2,1H3,(H,20,21)(H2,19,22,23). The van der Waals surface area contributed by atoms with Crippen LogP contribution in [0.2, 0.25) is 0 Å². The van der Waals surface area contributed by atoms with E-state index in [4.69, 9.17) is 9.88 Å². The van der Waals surface area contributed by atoms with E-state index >= 15 is 0 Å². The van der Waals surface area contributed by atoms with Gasteiger partial charge in [-0.1, -0.05) is 18.2 Å². The minimum Gasteiger partial charge on any atom is -0.491 e. The van der Waals surface area contributed by atoms with Crippen molar-refractivity contribution in [3.63, 3.8) is 0 Å². The van der Waals surface area contributed by atoms with Gasteiger partial charge < -0.3 is 10.1 Å². The minimum atomic E-state index is -3.88. The molecule has 0 bridgehead atoms. The minimum absolute atomic E-state index is 0.110. The second kappa shape index (κ2) is 6.78. The Bertz CT molecular complexity index is 944. The second-order valence-electron chi connectivity index (χ2n) is 5.94. The van der Waals surface area contributed by atoms with E-state index in [0.29, 0.717) is 17.5 Å². The quantitative estimate of drug-likeness (QED) is 0.787. The highest BCUT2D eigenvalue weighted by Crippen LogP contribution is 2.28. The molecule has 0 aliphatic carbocycles. The van der Waals surface area contributed by atoms with Gasteiger partial charge in [-0.25, -0.2) is 13.6 Å². The number of benzene rings is 2. The molecule has 3 rings (SSSR count). The number of nitrogens with two attached hydrogens (primary N) is 1. The molecule has 2 aromatic carbocycles. The van der Waals surface area contributed by atoms with Crippen LogP contribution in [-0.4, -0.2) is 27.0 Å². The van der Waals surface area contributed by atoms with Gasteiger partial charge in [-0.2, -0.15) is 0 Å². The summed E-state index contributed by atoms with van der Waals surface area (Å²) in [5.41, 5.74) is 2.31. The molecule has 0 aromatic heterocycles. The summed E-state index contributed by atoms with van der Waals surface area (Å²) in [6, 6.07) is 9.80. The van der Waals surface area contributed by atoms with Gasteiger partial charge in [0, 0.05) is 4.47 Å². The van der Waals surface area contributed by atoms with Crippen molar-refractivity contribution in [3.05, 3.63) is 57.6 Å². The lowest BCUT2D eigenvalue weighted by Gasteiger charge is -2.27. The fourth-order valence-corrected chi connectivity index (χ4v) is 3.77. The van der Waals surface area contributed by atoms with E-state index in [1.807, 2.05) is 25.1 Å². The molecule has 0 saturated carbocycles. The maximum atomic E-state index is 12.6. The molecule has 1 atom stereocenters. The molecule has 1 heterocycles. The second-order valence-corrected chi connectivity index (χ2v) is 8.35. The molecule has 1 aliphatic rings. The normalized spacial score (nSPS) is 16.7. The third kappa shape index (κ3) is 3.86. The zero-order valence-corrected chi connectivity index (χ0v) is 15.9. The summed E-state index contributed by atoms with van der Waals surface area (Å²) < 4.78 is 29.2. The molecule has 1 aliphatic heterocycles. The summed E-state index contributed by atoms with van der Waals surface area (Å²) in [5, 5.41) is 8.02. The molecule has 0 saturated heterocycles. The molecule has 25 heavy (non-hydrogen) atoms. The zero-order valence-electron chi connectivity index (χ0n) is 13.5. The molecule has 6 nitrogen and oxygen atoms in total. The summed E-state index contributed by atoms with van der Waals surface area (Å²) in [4.78, 5) is 12.5. The number of nitrogens with one attached hydrogen (secondary N) is 1. The van der Waals surface area contributed by atoms with E-state index < -0.39 is 10.0 Å². The largest absolute Gasteiger partial charge is 0.491 e. The Morgan fingerprint density at radius 3 is 2.80 bits per heavy atom. The molecule has 8 heteroatoms. The number of carbonyl (C=O) groups excluding carboxylic acids is 1. The Balaban J connectivity index is 1.80. The first kappa shape index (κ1) is 17.9. The Kier molecular flexibility index (Phi) is 4.86. The lowest BCUT2D eigenvalue weighted by Crippen LogP contribution is -2.43. The number of halogens is 1. The van der Waals surface area contributed by atoms with Crippen molar-refractivity contribution in [1.82, 2.24) is 5.32 Å².